The van der Waals surface area contributed by atoms with Gasteiger partial charge in [0.05, 0.1) is 21.3 Å². The summed E-state index contributed by atoms with van der Waals surface area (Å²) in [5.41, 5.74) is 4.06. The summed E-state index contributed by atoms with van der Waals surface area (Å²) in [5.74, 6) is 3.81. The van der Waals surface area contributed by atoms with Gasteiger partial charge < -0.3 is 24.4 Å². The summed E-state index contributed by atoms with van der Waals surface area (Å²) in [6.45, 7) is 4.56. The molecule has 0 spiro atoms. The maximum atomic E-state index is 5.49. The highest BCUT2D eigenvalue weighted by Gasteiger charge is 2.24. The Balaban J connectivity index is 1.31. The van der Waals surface area contributed by atoms with Crippen LogP contribution in [0.1, 0.15) is 48.6 Å². The van der Waals surface area contributed by atoms with Crippen LogP contribution >= 0.6 is 0 Å². The van der Waals surface area contributed by atoms with Gasteiger partial charge >= 0.3 is 0 Å². The number of ether oxygens (including phenoxy) is 3. The molecule has 1 N–H and O–H groups in total. The predicted molar refractivity (Wildman–Crippen MR) is 121 cm³/mol. The van der Waals surface area contributed by atoms with Crippen LogP contribution in [-0.2, 0) is 0 Å². The van der Waals surface area contributed by atoms with Gasteiger partial charge in [0.2, 0.25) is 0 Å². The third-order valence-electron chi connectivity index (χ3n) is 6.77. The lowest BCUT2D eigenvalue weighted by Gasteiger charge is -2.34. The normalized spacial score (nSPS) is 19.6. The van der Waals surface area contributed by atoms with Crippen LogP contribution in [0.3, 0.4) is 0 Å². The molecule has 2 aromatic rings. The monoisotopic (exact) mass is 410 g/mol. The summed E-state index contributed by atoms with van der Waals surface area (Å²) in [7, 11) is 5.13. The van der Waals surface area contributed by atoms with E-state index >= 15 is 0 Å². The Morgan fingerprint density at radius 1 is 0.900 bits per heavy atom. The van der Waals surface area contributed by atoms with Gasteiger partial charge in [-0.25, -0.2) is 0 Å². The average Bonchev–Trinajstić information content (AvgIpc) is 2.82. The van der Waals surface area contributed by atoms with Gasteiger partial charge in [-0.05, 0) is 86.5 Å². The minimum absolute atomic E-state index is 0.605. The Labute approximate surface area is 180 Å². The molecule has 5 heteroatoms. The van der Waals surface area contributed by atoms with Gasteiger partial charge in [0.1, 0.15) is 5.75 Å². The first-order valence-corrected chi connectivity index (χ1v) is 11.1. The van der Waals surface area contributed by atoms with E-state index in [-0.39, 0.29) is 0 Å². The number of fused-ring (bicyclic) bond motifs is 1. The van der Waals surface area contributed by atoms with E-state index in [4.69, 9.17) is 14.2 Å². The number of likely N-dealkylation sites (tertiary alicyclic amines) is 1. The summed E-state index contributed by atoms with van der Waals surface area (Å²) >= 11 is 0. The standard InChI is InChI=1S/C25H34N2O3/c1-28-21-5-6-22-19(8-12-26-23(22)17-21)11-15-27-13-9-18(10-14-27)20-4-7-24(29-2)25(16-20)30-3/h4-7,16-19,26H,8-15H2,1-3H3. The van der Waals surface area contributed by atoms with Gasteiger partial charge in [0, 0.05) is 18.3 Å². The van der Waals surface area contributed by atoms with Crippen LogP contribution in [0, 0.1) is 0 Å². The number of nitrogens with zero attached hydrogens (tertiary/aromatic N) is 1. The van der Waals surface area contributed by atoms with Gasteiger partial charge in [-0.3, -0.25) is 0 Å². The molecule has 162 valence electrons. The van der Waals surface area contributed by atoms with E-state index in [2.05, 4.69) is 40.5 Å². The molecule has 0 aliphatic carbocycles. The lowest BCUT2D eigenvalue weighted by molar-refractivity contribution is 0.204. The fourth-order valence-electron chi connectivity index (χ4n) is 4.94. The summed E-state index contributed by atoms with van der Waals surface area (Å²) in [6.07, 6.45) is 4.84. The zero-order valence-electron chi connectivity index (χ0n) is 18.4. The number of benzene rings is 2. The molecule has 0 bridgehead atoms. The fraction of sp³-hybridized carbons (Fsp3) is 0.520. The first-order valence-electron chi connectivity index (χ1n) is 11.1. The molecule has 1 fully saturated rings. The molecular formula is C25H34N2O3. The molecule has 0 amide bonds. The zero-order valence-corrected chi connectivity index (χ0v) is 18.4. The second-order valence-corrected chi connectivity index (χ2v) is 8.38. The lowest BCUT2D eigenvalue weighted by atomic mass is 9.86. The summed E-state index contributed by atoms with van der Waals surface area (Å²) in [6, 6.07) is 12.9. The van der Waals surface area contributed by atoms with E-state index in [0.717, 1.165) is 23.8 Å². The number of methoxy groups -OCH3 is 3. The maximum absolute atomic E-state index is 5.49. The Morgan fingerprint density at radius 2 is 1.70 bits per heavy atom. The highest BCUT2D eigenvalue weighted by Crippen LogP contribution is 2.37. The number of anilines is 1. The molecule has 0 aromatic heterocycles. The Kier molecular flexibility index (Phi) is 6.68. The highest BCUT2D eigenvalue weighted by molar-refractivity contribution is 5.58. The van der Waals surface area contributed by atoms with Gasteiger partial charge in [-0.1, -0.05) is 12.1 Å². The van der Waals surface area contributed by atoms with Crippen LogP contribution in [0.25, 0.3) is 0 Å². The Hall–Kier alpha value is -2.40. The summed E-state index contributed by atoms with van der Waals surface area (Å²) in [4.78, 5) is 2.64. The van der Waals surface area contributed by atoms with Crippen molar-refractivity contribution in [3.8, 4) is 17.2 Å². The smallest absolute Gasteiger partial charge is 0.160 e. The van der Waals surface area contributed by atoms with Crippen LogP contribution in [-0.4, -0.2) is 52.4 Å². The molecule has 1 saturated heterocycles. The average molecular weight is 411 g/mol. The molecular weight excluding hydrogens is 376 g/mol. The SMILES string of the molecule is COc1ccc2c(c1)NCCC2CCN1CCC(c2ccc(OC)c(OC)c2)CC1. The quantitative estimate of drug-likeness (QED) is 0.705. The van der Waals surface area contributed by atoms with E-state index < -0.39 is 0 Å². The van der Waals surface area contributed by atoms with Gasteiger partial charge in [-0.15, -0.1) is 0 Å². The molecule has 4 rings (SSSR count). The van der Waals surface area contributed by atoms with Crippen LogP contribution in [0.4, 0.5) is 5.69 Å². The van der Waals surface area contributed by atoms with Crippen LogP contribution < -0.4 is 19.5 Å². The van der Waals surface area contributed by atoms with Crippen molar-refractivity contribution in [3.63, 3.8) is 0 Å². The van der Waals surface area contributed by atoms with Crippen LogP contribution in [0.5, 0.6) is 17.2 Å². The molecule has 2 aliphatic heterocycles. The minimum atomic E-state index is 0.605. The molecule has 2 heterocycles. The van der Waals surface area contributed by atoms with E-state index in [1.165, 1.54) is 62.1 Å². The van der Waals surface area contributed by atoms with Crippen molar-refractivity contribution >= 4 is 5.69 Å². The highest BCUT2D eigenvalue weighted by atomic mass is 16.5. The van der Waals surface area contributed by atoms with E-state index in [1.54, 1.807) is 21.3 Å². The van der Waals surface area contributed by atoms with E-state index in [1.807, 2.05) is 6.07 Å². The fourth-order valence-corrected chi connectivity index (χ4v) is 4.94. The second kappa shape index (κ2) is 9.61. The number of piperidine rings is 1. The second-order valence-electron chi connectivity index (χ2n) is 8.38. The number of hydrogen-bond donors (Lipinski definition) is 1. The summed E-state index contributed by atoms with van der Waals surface area (Å²) in [5, 5.41) is 3.53. The Morgan fingerprint density at radius 3 is 2.43 bits per heavy atom. The molecule has 2 aromatic carbocycles. The van der Waals surface area contributed by atoms with Crippen molar-refractivity contribution in [3.05, 3.63) is 47.5 Å². The van der Waals surface area contributed by atoms with Gasteiger partial charge in [-0.2, -0.15) is 0 Å². The molecule has 1 unspecified atom stereocenters. The van der Waals surface area contributed by atoms with Crippen molar-refractivity contribution < 1.29 is 14.2 Å². The zero-order chi connectivity index (χ0) is 20.9. The van der Waals surface area contributed by atoms with Crippen molar-refractivity contribution in [2.75, 3.05) is 52.8 Å². The molecule has 2 aliphatic rings. The van der Waals surface area contributed by atoms with Crippen molar-refractivity contribution in [2.24, 2.45) is 0 Å². The van der Waals surface area contributed by atoms with E-state index in [0.29, 0.717) is 11.8 Å². The Bertz CT molecular complexity index is 846. The van der Waals surface area contributed by atoms with Crippen LogP contribution in [0.15, 0.2) is 36.4 Å². The molecule has 5 nitrogen and oxygen atoms in total. The summed E-state index contributed by atoms with van der Waals surface area (Å²) < 4.78 is 16.2. The molecule has 30 heavy (non-hydrogen) atoms. The van der Waals surface area contributed by atoms with Crippen LogP contribution in [0.2, 0.25) is 0 Å². The van der Waals surface area contributed by atoms with E-state index in [9.17, 15) is 0 Å². The van der Waals surface area contributed by atoms with Crippen molar-refractivity contribution in [2.45, 2.75) is 37.5 Å². The number of rotatable bonds is 7. The molecule has 1 atom stereocenters. The van der Waals surface area contributed by atoms with Gasteiger partial charge in [0.15, 0.2) is 11.5 Å². The van der Waals surface area contributed by atoms with Crippen molar-refractivity contribution in [1.82, 2.24) is 4.90 Å². The first kappa shape index (κ1) is 20.9. The van der Waals surface area contributed by atoms with Gasteiger partial charge in [0.25, 0.3) is 0 Å². The maximum Gasteiger partial charge on any atom is 0.160 e. The van der Waals surface area contributed by atoms with Crippen molar-refractivity contribution in [1.29, 1.82) is 0 Å². The molecule has 0 saturated carbocycles. The number of hydrogen-bond acceptors (Lipinski definition) is 5. The topological polar surface area (TPSA) is 43.0 Å². The largest absolute Gasteiger partial charge is 0.497 e. The lowest BCUT2D eigenvalue weighted by Crippen LogP contribution is -2.34. The third kappa shape index (κ3) is 4.51. The third-order valence-corrected chi connectivity index (χ3v) is 6.77. The minimum Gasteiger partial charge on any atom is -0.497 e. The predicted octanol–water partition coefficient (Wildman–Crippen LogP) is 4.88. The molecule has 0 radical (unpaired) electrons. The number of nitrogens with one attached hydrogen (secondary N) is 1. The first-order chi connectivity index (χ1) is 14.7.